The van der Waals surface area contributed by atoms with E-state index in [1.807, 2.05) is 4.90 Å². The van der Waals surface area contributed by atoms with Crippen LogP contribution in [0, 0.1) is 5.82 Å². The van der Waals surface area contributed by atoms with Gasteiger partial charge >= 0.3 is 12.3 Å². The van der Waals surface area contributed by atoms with E-state index in [0.29, 0.717) is 29.0 Å². The Kier molecular flexibility index (Phi) is 5.61. The molecule has 0 bridgehead atoms. The Balaban J connectivity index is 1.44. The van der Waals surface area contributed by atoms with Crippen LogP contribution in [0.3, 0.4) is 0 Å². The number of likely N-dealkylation sites (tertiary alicyclic amines) is 2. The summed E-state index contributed by atoms with van der Waals surface area (Å²) in [5, 5.41) is 0.805. The lowest BCUT2D eigenvalue weighted by atomic mass is 9.85. The van der Waals surface area contributed by atoms with Crippen molar-refractivity contribution in [3.63, 3.8) is 0 Å². The Labute approximate surface area is 180 Å². The SMILES string of the molecule is CC(OC(=O)N1CCC2(CCCN2C(=O)c2cc3ccc(F)cc3s2)CC1)C(F)(F)F. The van der Waals surface area contributed by atoms with Crippen molar-refractivity contribution < 1.29 is 31.9 Å². The molecule has 0 N–H and O–H groups in total. The van der Waals surface area contributed by atoms with Gasteiger partial charge in [-0.1, -0.05) is 6.07 Å². The molecule has 4 rings (SSSR count). The van der Waals surface area contributed by atoms with Crippen molar-refractivity contribution in [2.75, 3.05) is 19.6 Å². The number of alkyl halides is 3. The van der Waals surface area contributed by atoms with Gasteiger partial charge in [-0.2, -0.15) is 13.2 Å². The van der Waals surface area contributed by atoms with Crippen LogP contribution >= 0.6 is 11.3 Å². The van der Waals surface area contributed by atoms with Gasteiger partial charge in [0.25, 0.3) is 5.91 Å². The Morgan fingerprint density at radius 3 is 2.52 bits per heavy atom. The van der Waals surface area contributed by atoms with Gasteiger partial charge < -0.3 is 14.5 Å². The predicted octanol–water partition coefficient (Wildman–Crippen LogP) is 5.20. The third kappa shape index (κ3) is 4.22. The number of fused-ring (bicyclic) bond motifs is 1. The number of thiophene rings is 1. The lowest BCUT2D eigenvalue weighted by molar-refractivity contribution is -0.200. The topological polar surface area (TPSA) is 49.9 Å². The van der Waals surface area contributed by atoms with E-state index in [2.05, 4.69) is 4.74 Å². The van der Waals surface area contributed by atoms with Crippen LogP contribution in [-0.2, 0) is 4.74 Å². The van der Waals surface area contributed by atoms with Crippen LogP contribution in [0.2, 0.25) is 0 Å². The van der Waals surface area contributed by atoms with Crippen molar-refractivity contribution in [1.82, 2.24) is 9.80 Å². The number of nitrogens with zero attached hydrogens (tertiary/aromatic N) is 2. The van der Waals surface area contributed by atoms with Crippen LogP contribution < -0.4 is 0 Å². The third-order valence-electron chi connectivity index (χ3n) is 6.23. The zero-order chi connectivity index (χ0) is 22.4. The molecule has 2 saturated heterocycles. The highest BCUT2D eigenvalue weighted by molar-refractivity contribution is 7.20. The van der Waals surface area contributed by atoms with Gasteiger partial charge in [-0.15, -0.1) is 11.3 Å². The van der Waals surface area contributed by atoms with E-state index < -0.39 is 23.9 Å². The van der Waals surface area contributed by atoms with E-state index in [9.17, 15) is 27.2 Å². The summed E-state index contributed by atoms with van der Waals surface area (Å²) >= 11 is 1.25. The minimum Gasteiger partial charge on any atom is -0.437 e. The van der Waals surface area contributed by atoms with Crippen LogP contribution in [0.5, 0.6) is 0 Å². The van der Waals surface area contributed by atoms with E-state index in [4.69, 9.17) is 0 Å². The molecule has 1 spiro atoms. The Morgan fingerprint density at radius 2 is 1.84 bits per heavy atom. The average Bonchev–Trinajstić information content (AvgIpc) is 3.31. The maximum Gasteiger partial charge on any atom is 0.425 e. The number of hydrogen-bond acceptors (Lipinski definition) is 4. The molecule has 1 unspecified atom stereocenters. The fourth-order valence-electron chi connectivity index (χ4n) is 4.42. The van der Waals surface area contributed by atoms with Crippen LogP contribution in [0.25, 0.3) is 10.1 Å². The summed E-state index contributed by atoms with van der Waals surface area (Å²) < 4.78 is 56.7. The van der Waals surface area contributed by atoms with Gasteiger partial charge in [0, 0.05) is 29.9 Å². The van der Waals surface area contributed by atoms with E-state index in [1.54, 1.807) is 12.1 Å². The second-order valence-electron chi connectivity index (χ2n) is 8.13. The van der Waals surface area contributed by atoms with E-state index in [1.165, 1.54) is 28.4 Å². The molecule has 0 saturated carbocycles. The molecule has 168 valence electrons. The number of piperidine rings is 1. The number of rotatable bonds is 2. The highest BCUT2D eigenvalue weighted by atomic mass is 32.1. The van der Waals surface area contributed by atoms with Gasteiger partial charge in [0.15, 0.2) is 6.10 Å². The molecule has 3 heterocycles. The zero-order valence-corrected chi connectivity index (χ0v) is 17.7. The highest BCUT2D eigenvalue weighted by Crippen LogP contribution is 2.41. The van der Waals surface area contributed by atoms with Crippen LogP contribution in [-0.4, -0.2) is 59.3 Å². The molecule has 31 heavy (non-hydrogen) atoms. The van der Waals surface area contributed by atoms with E-state index >= 15 is 0 Å². The number of carbonyl (C=O) groups excluding carboxylic acids is 2. The van der Waals surface area contributed by atoms with Crippen molar-refractivity contribution >= 4 is 33.4 Å². The van der Waals surface area contributed by atoms with E-state index in [-0.39, 0.29) is 24.8 Å². The van der Waals surface area contributed by atoms with Crippen molar-refractivity contribution in [2.45, 2.75) is 50.4 Å². The van der Waals surface area contributed by atoms with Gasteiger partial charge in [-0.3, -0.25) is 4.79 Å². The normalized spacial score (nSPS) is 19.8. The fraction of sp³-hybridized carbons (Fsp3) is 0.524. The lowest BCUT2D eigenvalue weighted by Crippen LogP contribution is -2.55. The van der Waals surface area contributed by atoms with Gasteiger partial charge in [-0.25, -0.2) is 9.18 Å². The van der Waals surface area contributed by atoms with Gasteiger partial charge in [0.1, 0.15) is 5.82 Å². The summed E-state index contributed by atoms with van der Waals surface area (Å²) in [6, 6.07) is 6.17. The molecule has 0 aliphatic carbocycles. The number of amides is 2. The molecule has 2 fully saturated rings. The van der Waals surface area contributed by atoms with E-state index in [0.717, 1.165) is 25.2 Å². The summed E-state index contributed by atoms with van der Waals surface area (Å²) in [5.74, 6) is -0.481. The predicted molar refractivity (Wildman–Crippen MR) is 108 cm³/mol. The summed E-state index contributed by atoms with van der Waals surface area (Å²) in [4.78, 5) is 29.0. The summed E-state index contributed by atoms with van der Waals surface area (Å²) in [7, 11) is 0. The van der Waals surface area contributed by atoms with Crippen LogP contribution in [0.15, 0.2) is 24.3 Å². The Hall–Kier alpha value is -2.36. The number of carbonyl (C=O) groups is 2. The Bertz CT molecular complexity index is 998. The fourth-order valence-corrected chi connectivity index (χ4v) is 5.45. The lowest BCUT2D eigenvalue weighted by Gasteiger charge is -2.44. The van der Waals surface area contributed by atoms with Gasteiger partial charge in [0.05, 0.1) is 4.88 Å². The smallest absolute Gasteiger partial charge is 0.425 e. The molecule has 5 nitrogen and oxygen atoms in total. The summed E-state index contributed by atoms with van der Waals surface area (Å²) in [6.45, 7) is 1.84. The van der Waals surface area contributed by atoms with Crippen molar-refractivity contribution in [3.8, 4) is 0 Å². The molecular formula is C21H22F4N2O3S. The van der Waals surface area contributed by atoms with Crippen molar-refractivity contribution in [2.24, 2.45) is 0 Å². The highest BCUT2D eigenvalue weighted by Gasteiger charge is 2.47. The first-order chi connectivity index (χ1) is 14.6. The second-order valence-corrected chi connectivity index (χ2v) is 9.22. The summed E-state index contributed by atoms with van der Waals surface area (Å²) in [6.07, 6.45) is -5.20. The largest absolute Gasteiger partial charge is 0.437 e. The molecule has 1 atom stereocenters. The second kappa shape index (κ2) is 7.96. The Morgan fingerprint density at radius 1 is 1.13 bits per heavy atom. The van der Waals surface area contributed by atoms with Gasteiger partial charge in [0.2, 0.25) is 0 Å². The molecule has 0 radical (unpaired) electrons. The minimum absolute atomic E-state index is 0.124. The first-order valence-corrected chi connectivity index (χ1v) is 10.9. The monoisotopic (exact) mass is 458 g/mol. The number of ether oxygens (including phenoxy) is 1. The number of hydrogen-bond donors (Lipinski definition) is 0. The van der Waals surface area contributed by atoms with Crippen LogP contribution in [0.4, 0.5) is 22.4 Å². The molecule has 1 aromatic heterocycles. The van der Waals surface area contributed by atoms with Crippen molar-refractivity contribution in [1.29, 1.82) is 0 Å². The molecule has 2 aliphatic rings. The quantitative estimate of drug-likeness (QED) is 0.582. The maximum atomic E-state index is 13.5. The summed E-state index contributed by atoms with van der Waals surface area (Å²) in [5.41, 5.74) is -0.426. The first-order valence-electron chi connectivity index (χ1n) is 10.1. The standard InChI is InChI=1S/C21H22F4N2O3S/c1-13(21(23,24)25)30-19(29)26-9-6-20(7-10-26)5-2-8-27(20)18(28)17-11-14-3-4-15(22)12-16(14)31-17/h3-4,11-13H,2,5-10H2,1H3. The third-order valence-corrected chi connectivity index (χ3v) is 7.31. The van der Waals surface area contributed by atoms with Crippen LogP contribution in [0.1, 0.15) is 42.3 Å². The molecule has 1 aromatic carbocycles. The van der Waals surface area contributed by atoms with Crippen molar-refractivity contribution in [3.05, 3.63) is 35.0 Å². The molecule has 2 amide bonds. The maximum absolute atomic E-state index is 13.5. The molecule has 2 aromatic rings. The number of halogens is 4. The van der Waals surface area contributed by atoms with Gasteiger partial charge in [-0.05, 0) is 56.2 Å². The zero-order valence-electron chi connectivity index (χ0n) is 16.9. The molecule has 10 heteroatoms. The number of benzene rings is 1. The molecule has 2 aliphatic heterocycles. The average molecular weight is 458 g/mol. The molecular weight excluding hydrogens is 436 g/mol. The first kappa shape index (κ1) is 21.9. The minimum atomic E-state index is -4.60.